The fourth-order valence-electron chi connectivity index (χ4n) is 2.97. The van der Waals surface area contributed by atoms with Gasteiger partial charge in [-0.3, -0.25) is 4.79 Å². The monoisotopic (exact) mass is 374 g/mol. The second kappa shape index (κ2) is 7.17. The number of rotatable bonds is 4. The van der Waals surface area contributed by atoms with Crippen LogP contribution in [0, 0.1) is 0 Å². The van der Waals surface area contributed by atoms with Crippen LogP contribution in [-0.2, 0) is 26.8 Å². The molecule has 0 saturated carbocycles. The highest BCUT2D eigenvalue weighted by molar-refractivity contribution is 7.74. The highest BCUT2D eigenvalue weighted by Crippen LogP contribution is 2.33. The first kappa shape index (κ1) is 17.9. The third kappa shape index (κ3) is 3.28. The van der Waals surface area contributed by atoms with E-state index in [9.17, 15) is 18.0 Å². The molecule has 0 spiro atoms. The molecule has 1 amide bonds. The zero-order valence-electron chi connectivity index (χ0n) is 14.3. The lowest BCUT2D eigenvalue weighted by atomic mass is 10.0. The van der Waals surface area contributed by atoms with Crippen LogP contribution in [0.15, 0.2) is 42.5 Å². The van der Waals surface area contributed by atoms with Crippen molar-refractivity contribution in [1.82, 2.24) is 0 Å². The second-order valence-electron chi connectivity index (χ2n) is 5.85. The summed E-state index contributed by atoms with van der Waals surface area (Å²) in [6.45, 7) is 0. The van der Waals surface area contributed by atoms with E-state index in [-0.39, 0.29) is 5.91 Å². The third-order valence-electron chi connectivity index (χ3n) is 4.35. The number of hydrogen-bond acceptors (Lipinski definition) is 5. The largest absolute Gasteiger partial charge is 0.465 e. The van der Waals surface area contributed by atoms with E-state index in [4.69, 9.17) is 0 Å². The summed E-state index contributed by atoms with van der Waals surface area (Å²) in [6, 6.07) is 11.3. The van der Waals surface area contributed by atoms with Gasteiger partial charge < -0.3 is 9.64 Å². The number of aryl methyl sites for hydroxylation is 1. The molecule has 2 aromatic carbocycles. The van der Waals surface area contributed by atoms with Crippen molar-refractivity contribution in [2.45, 2.75) is 12.8 Å². The first-order valence-corrected chi connectivity index (χ1v) is 9.07. The van der Waals surface area contributed by atoms with Gasteiger partial charge in [0.1, 0.15) is 0 Å². The zero-order chi connectivity index (χ0) is 18.8. The average Bonchev–Trinajstić information content (AvgIpc) is 2.64. The number of nitrogens with zero attached hydrogens (tertiary/aromatic N) is 2. The molecule has 0 unspecified atom stereocenters. The van der Waals surface area contributed by atoms with Crippen LogP contribution in [0.3, 0.4) is 0 Å². The number of benzene rings is 2. The molecule has 0 radical (unpaired) electrons. The Balaban J connectivity index is 1.99. The molecular formula is C18H18N2O5S. The van der Waals surface area contributed by atoms with Crippen molar-refractivity contribution in [2.24, 2.45) is 0 Å². The van der Waals surface area contributed by atoms with Gasteiger partial charge >= 0.3 is 5.97 Å². The van der Waals surface area contributed by atoms with Gasteiger partial charge in [-0.2, -0.15) is 0 Å². The van der Waals surface area contributed by atoms with Crippen molar-refractivity contribution < 1.29 is 22.7 Å². The number of hydrogen-bond donors (Lipinski definition) is 1. The Hall–Kier alpha value is -2.87. The van der Waals surface area contributed by atoms with Crippen molar-refractivity contribution in [3.8, 4) is 0 Å². The summed E-state index contributed by atoms with van der Waals surface area (Å²) in [5, 5.41) is 0. The number of amides is 1. The van der Waals surface area contributed by atoms with E-state index < -0.39 is 16.9 Å². The second-order valence-corrected chi connectivity index (χ2v) is 6.73. The molecule has 0 atom stereocenters. The lowest BCUT2D eigenvalue weighted by molar-refractivity contribution is -0.118. The molecule has 2 aromatic rings. The molecule has 1 aliphatic heterocycles. The first-order valence-electron chi connectivity index (χ1n) is 7.94. The predicted octanol–water partition coefficient (Wildman–Crippen LogP) is 2.05. The van der Waals surface area contributed by atoms with E-state index >= 15 is 0 Å². The van der Waals surface area contributed by atoms with E-state index in [1.807, 2.05) is 0 Å². The number of anilines is 3. The normalized spacial score (nSPS) is 13.5. The molecule has 1 heterocycles. The molecule has 0 aliphatic carbocycles. The number of fused-ring (bicyclic) bond motifs is 1. The molecule has 26 heavy (non-hydrogen) atoms. The average molecular weight is 374 g/mol. The Labute approximate surface area is 152 Å². The highest BCUT2D eigenvalue weighted by Gasteiger charge is 2.22. The van der Waals surface area contributed by atoms with Crippen LogP contribution >= 0.6 is 0 Å². The van der Waals surface area contributed by atoms with Gasteiger partial charge in [-0.05, 0) is 54.4 Å². The van der Waals surface area contributed by atoms with Gasteiger partial charge in [0.25, 0.3) is 0 Å². The van der Waals surface area contributed by atoms with Crippen LogP contribution < -0.4 is 9.21 Å². The van der Waals surface area contributed by atoms with E-state index in [1.54, 1.807) is 42.3 Å². The predicted molar refractivity (Wildman–Crippen MR) is 98.4 cm³/mol. The van der Waals surface area contributed by atoms with Gasteiger partial charge in [-0.25, -0.2) is 17.5 Å². The Morgan fingerprint density at radius 2 is 1.73 bits per heavy atom. The minimum Gasteiger partial charge on any atom is -0.465 e. The molecule has 0 N–H and O–H groups in total. The molecule has 0 aromatic heterocycles. The van der Waals surface area contributed by atoms with Gasteiger partial charge in [0, 0.05) is 19.2 Å². The Bertz CT molecular complexity index is 929. The molecule has 136 valence electrons. The smallest absolute Gasteiger partial charge is 0.337 e. The standard InChI is InChI=1S/C18H18N2O5S/c1-19-16-9-8-15(11-13(16)5-10-17(19)21)20(26(23)24)14-6-3-12(4-7-14)18(22)25-2/h3-4,6-9,11,26H,5,10H2,1-2H3. The van der Waals surface area contributed by atoms with Crippen molar-refractivity contribution in [3.63, 3.8) is 0 Å². The maximum absolute atomic E-state index is 11.9. The zero-order valence-corrected chi connectivity index (χ0v) is 15.2. The molecule has 0 fully saturated rings. The Morgan fingerprint density at radius 3 is 2.35 bits per heavy atom. The van der Waals surface area contributed by atoms with E-state index in [0.717, 1.165) is 11.3 Å². The number of carbonyl (C=O) groups is 2. The first-order chi connectivity index (χ1) is 12.4. The van der Waals surface area contributed by atoms with Crippen molar-refractivity contribution >= 4 is 39.8 Å². The summed E-state index contributed by atoms with van der Waals surface area (Å²) < 4.78 is 29.6. The minimum absolute atomic E-state index is 0.0374. The van der Waals surface area contributed by atoms with Crippen LogP contribution in [0.1, 0.15) is 22.3 Å². The van der Waals surface area contributed by atoms with E-state index in [1.165, 1.54) is 23.5 Å². The molecule has 0 bridgehead atoms. The van der Waals surface area contributed by atoms with Gasteiger partial charge in [0.05, 0.1) is 24.0 Å². The highest BCUT2D eigenvalue weighted by atomic mass is 32.2. The number of ether oxygens (including phenoxy) is 1. The summed E-state index contributed by atoms with van der Waals surface area (Å²) in [5.74, 6) is -0.452. The van der Waals surface area contributed by atoms with Gasteiger partial charge in [0.2, 0.25) is 16.8 Å². The number of thiol groups is 1. The Kier molecular flexibility index (Phi) is 4.94. The van der Waals surface area contributed by atoms with Crippen LogP contribution in [0.2, 0.25) is 0 Å². The van der Waals surface area contributed by atoms with Crippen LogP contribution in [0.5, 0.6) is 0 Å². The molecule has 8 heteroatoms. The molecular weight excluding hydrogens is 356 g/mol. The van der Waals surface area contributed by atoms with E-state index in [2.05, 4.69) is 4.74 Å². The maximum atomic E-state index is 11.9. The summed E-state index contributed by atoms with van der Waals surface area (Å²) in [5.41, 5.74) is 2.93. The van der Waals surface area contributed by atoms with Gasteiger partial charge in [-0.15, -0.1) is 0 Å². The SMILES string of the molecule is COC(=O)c1ccc(N(c2ccc3c(c2)CCC(=O)N3C)[SH](=O)=O)cc1. The molecule has 3 rings (SSSR count). The lowest BCUT2D eigenvalue weighted by Gasteiger charge is -2.27. The molecule has 0 saturated heterocycles. The van der Waals surface area contributed by atoms with Crippen LogP contribution in [0.25, 0.3) is 0 Å². The molecule has 1 aliphatic rings. The van der Waals surface area contributed by atoms with Crippen molar-refractivity contribution in [1.29, 1.82) is 0 Å². The van der Waals surface area contributed by atoms with Gasteiger partial charge in [0.15, 0.2) is 0 Å². The fraction of sp³-hybridized carbons (Fsp3) is 0.222. The van der Waals surface area contributed by atoms with Gasteiger partial charge in [-0.1, -0.05) is 0 Å². The number of carbonyl (C=O) groups excluding carboxylic acids is 2. The Morgan fingerprint density at radius 1 is 1.08 bits per heavy atom. The maximum Gasteiger partial charge on any atom is 0.337 e. The quantitative estimate of drug-likeness (QED) is 0.654. The van der Waals surface area contributed by atoms with Crippen LogP contribution in [0.4, 0.5) is 17.1 Å². The third-order valence-corrected chi connectivity index (χ3v) is 5.14. The van der Waals surface area contributed by atoms with Crippen molar-refractivity contribution in [2.75, 3.05) is 23.4 Å². The lowest BCUT2D eigenvalue weighted by Crippen LogP contribution is -2.31. The van der Waals surface area contributed by atoms with Crippen molar-refractivity contribution in [3.05, 3.63) is 53.6 Å². The summed E-state index contributed by atoms with van der Waals surface area (Å²) in [4.78, 5) is 24.9. The summed E-state index contributed by atoms with van der Waals surface area (Å²) in [6.07, 6.45) is 0.960. The minimum atomic E-state index is -2.94. The molecule has 7 nitrogen and oxygen atoms in total. The summed E-state index contributed by atoms with van der Waals surface area (Å²) >= 11 is 0. The van der Waals surface area contributed by atoms with E-state index in [0.29, 0.717) is 29.8 Å². The van der Waals surface area contributed by atoms with Crippen LogP contribution in [-0.4, -0.2) is 34.5 Å². The fourth-order valence-corrected chi connectivity index (χ4v) is 3.60. The number of methoxy groups -OCH3 is 1. The number of esters is 1. The summed E-state index contributed by atoms with van der Waals surface area (Å²) in [7, 11) is 0.0478. The topological polar surface area (TPSA) is 84.0 Å².